The molecule has 1 saturated heterocycles. The molecular formula is C15H21Cl3N2O. The van der Waals surface area contributed by atoms with Gasteiger partial charge in [-0.15, -0.1) is 0 Å². The summed E-state index contributed by atoms with van der Waals surface area (Å²) in [5, 5.41) is 14.7. The second-order valence-electron chi connectivity index (χ2n) is 6.13. The molecule has 2 rings (SSSR count). The lowest BCUT2D eigenvalue weighted by Crippen LogP contribution is -2.49. The Morgan fingerprint density at radius 3 is 2.43 bits per heavy atom. The Morgan fingerprint density at radius 1 is 1.24 bits per heavy atom. The molecule has 1 aromatic carbocycles. The minimum Gasteiger partial charge on any atom is -0.396 e. The molecule has 21 heavy (non-hydrogen) atoms. The number of rotatable bonds is 4. The Bertz CT molecular complexity index is 502. The molecule has 6 heteroatoms. The Kier molecular flexibility index (Phi) is 5.80. The summed E-state index contributed by atoms with van der Waals surface area (Å²) < 4.78 is 0. The standard InChI is InChI=1S/C15H21Cl3N2O/c1-15(2,9-21)14(20-5-3-19-4-6-20)11-7-10(16)8-12(17)13(11)18/h7-8,14,19,21H,3-6,9H2,1-2H3/t14-/m0/s1. The average molecular weight is 352 g/mol. The molecule has 0 bridgehead atoms. The maximum Gasteiger partial charge on any atom is 0.0641 e. The van der Waals surface area contributed by atoms with Crippen LogP contribution in [0.1, 0.15) is 25.5 Å². The van der Waals surface area contributed by atoms with E-state index in [1.165, 1.54) is 0 Å². The van der Waals surface area contributed by atoms with Crippen molar-refractivity contribution < 1.29 is 5.11 Å². The van der Waals surface area contributed by atoms with E-state index in [9.17, 15) is 5.11 Å². The van der Waals surface area contributed by atoms with Crippen LogP contribution in [-0.4, -0.2) is 42.8 Å². The highest BCUT2D eigenvalue weighted by Crippen LogP contribution is 2.44. The quantitative estimate of drug-likeness (QED) is 0.813. The van der Waals surface area contributed by atoms with E-state index in [4.69, 9.17) is 34.8 Å². The maximum atomic E-state index is 9.83. The van der Waals surface area contributed by atoms with Crippen LogP contribution in [0.25, 0.3) is 0 Å². The molecule has 1 atom stereocenters. The van der Waals surface area contributed by atoms with Gasteiger partial charge in [0.05, 0.1) is 10.0 Å². The molecule has 0 aromatic heterocycles. The summed E-state index contributed by atoms with van der Waals surface area (Å²) in [6.45, 7) is 7.76. The van der Waals surface area contributed by atoms with E-state index in [1.807, 2.05) is 19.9 Å². The van der Waals surface area contributed by atoms with Gasteiger partial charge < -0.3 is 10.4 Å². The van der Waals surface area contributed by atoms with Crippen molar-refractivity contribution in [2.45, 2.75) is 19.9 Å². The largest absolute Gasteiger partial charge is 0.396 e. The molecule has 0 spiro atoms. The van der Waals surface area contributed by atoms with Gasteiger partial charge in [-0.1, -0.05) is 48.7 Å². The molecule has 118 valence electrons. The fraction of sp³-hybridized carbons (Fsp3) is 0.600. The lowest BCUT2D eigenvalue weighted by atomic mass is 9.79. The first kappa shape index (κ1) is 17.3. The summed E-state index contributed by atoms with van der Waals surface area (Å²) in [6, 6.07) is 3.48. The predicted molar refractivity (Wildman–Crippen MR) is 89.5 cm³/mol. The van der Waals surface area contributed by atoms with Gasteiger partial charge in [0.15, 0.2) is 0 Å². The first-order valence-electron chi connectivity index (χ1n) is 7.07. The smallest absolute Gasteiger partial charge is 0.0641 e. The molecule has 0 radical (unpaired) electrons. The number of halogens is 3. The topological polar surface area (TPSA) is 35.5 Å². The van der Waals surface area contributed by atoms with Crippen LogP contribution >= 0.6 is 34.8 Å². The molecule has 1 aromatic rings. The van der Waals surface area contributed by atoms with Crippen LogP contribution in [0.2, 0.25) is 15.1 Å². The normalized spacial score (nSPS) is 18.8. The van der Waals surface area contributed by atoms with Gasteiger partial charge in [-0.05, 0) is 17.7 Å². The van der Waals surface area contributed by atoms with Crippen LogP contribution in [0.15, 0.2) is 12.1 Å². The molecule has 0 saturated carbocycles. The highest BCUT2D eigenvalue weighted by Gasteiger charge is 2.37. The number of hydrogen-bond acceptors (Lipinski definition) is 3. The molecule has 3 nitrogen and oxygen atoms in total. The van der Waals surface area contributed by atoms with Gasteiger partial charge in [0.2, 0.25) is 0 Å². The van der Waals surface area contributed by atoms with Crippen LogP contribution < -0.4 is 5.32 Å². The monoisotopic (exact) mass is 350 g/mol. The van der Waals surface area contributed by atoms with Crippen LogP contribution in [0.5, 0.6) is 0 Å². The fourth-order valence-electron chi connectivity index (χ4n) is 2.91. The van der Waals surface area contributed by atoms with Crippen molar-refractivity contribution in [2.75, 3.05) is 32.8 Å². The van der Waals surface area contributed by atoms with Gasteiger partial charge in [0.25, 0.3) is 0 Å². The third-order valence-corrected chi connectivity index (χ3v) is 5.02. The molecule has 1 aliphatic heterocycles. The van der Waals surface area contributed by atoms with Crippen molar-refractivity contribution in [3.63, 3.8) is 0 Å². The SMILES string of the molecule is CC(C)(CO)[C@H](c1cc(Cl)cc(Cl)c1Cl)N1CCNCC1. The van der Waals surface area contributed by atoms with Gasteiger partial charge in [0.1, 0.15) is 0 Å². The highest BCUT2D eigenvalue weighted by atomic mass is 35.5. The van der Waals surface area contributed by atoms with Gasteiger partial charge in [-0.25, -0.2) is 0 Å². The van der Waals surface area contributed by atoms with E-state index in [0.29, 0.717) is 15.1 Å². The van der Waals surface area contributed by atoms with E-state index in [1.54, 1.807) is 6.07 Å². The molecule has 2 N–H and O–H groups in total. The van der Waals surface area contributed by atoms with Crippen molar-refractivity contribution in [1.82, 2.24) is 10.2 Å². The first-order chi connectivity index (χ1) is 9.86. The van der Waals surface area contributed by atoms with Gasteiger partial charge in [-0.2, -0.15) is 0 Å². The summed E-state index contributed by atoms with van der Waals surface area (Å²) in [5.41, 5.74) is 0.532. The zero-order valence-corrected chi connectivity index (χ0v) is 14.6. The van der Waals surface area contributed by atoms with E-state index < -0.39 is 0 Å². The third-order valence-electron chi connectivity index (χ3n) is 3.98. The van der Waals surface area contributed by atoms with Crippen molar-refractivity contribution in [1.29, 1.82) is 0 Å². The van der Waals surface area contributed by atoms with Crippen LogP contribution in [0.4, 0.5) is 0 Å². The molecule has 1 fully saturated rings. The number of benzene rings is 1. The summed E-state index contributed by atoms with van der Waals surface area (Å²) >= 11 is 18.8. The average Bonchev–Trinajstić information content (AvgIpc) is 2.45. The molecule has 0 unspecified atom stereocenters. The van der Waals surface area contributed by atoms with E-state index >= 15 is 0 Å². The van der Waals surface area contributed by atoms with Crippen molar-refractivity contribution >= 4 is 34.8 Å². The lowest BCUT2D eigenvalue weighted by Gasteiger charge is -2.44. The first-order valence-corrected chi connectivity index (χ1v) is 8.20. The second kappa shape index (κ2) is 7.03. The van der Waals surface area contributed by atoms with Crippen LogP contribution in [0, 0.1) is 5.41 Å². The zero-order valence-electron chi connectivity index (χ0n) is 12.3. The third kappa shape index (κ3) is 3.84. The van der Waals surface area contributed by atoms with Gasteiger partial charge in [-0.3, -0.25) is 4.90 Å². The Balaban J connectivity index is 2.49. The van der Waals surface area contributed by atoms with Crippen LogP contribution in [0.3, 0.4) is 0 Å². The maximum absolute atomic E-state index is 9.83. The summed E-state index contributed by atoms with van der Waals surface area (Å²) in [5.74, 6) is 0. The predicted octanol–water partition coefficient (Wildman–Crippen LogP) is 3.61. The number of aliphatic hydroxyl groups is 1. The molecule has 1 aliphatic rings. The van der Waals surface area contributed by atoms with E-state index in [2.05, 4.69) is 10.2 Å². The molecule has 0 aliphatic carbocycles. The van der Waals surface area contributed by atoms with Gasteiger partial charge in [0, 0.05) is 49.3 Å². The number of aliphatic hydroxyl groups excluding tert-OH is 1. The molecular weight excluding hydrogens is 331 g/mol. The number of nitrogens with one attached hydrogen (secondary N) is 1. The van der Waals surface area contributed by atoms with E-state index in [-0.39, 0.29) is 18.1 Å². The second-order valence-corrected chi connectivity index (χ2v) is 7.35. The fourth-order valence-corrected chi connectivity index (χ4v) is 3.64. The number of piperazine rings is 1. The Hall–Kier alpha value is -0.0300. The highest BCUT2D eigenvalue weighted by molar-refractivity contribution is 6.43. The van der Waals surface area contributed by atoms with Crippen molar-refractivity contribution in [3.8, 4) is 0 Å². The molecule has 0 amide bonds. The minimum absolute atomic E-state index is 0.0340. The van der Waals surface area contributed by atoms with Crippen molar-refractivity contribution in [3.05, 3.63) is 32.8 Å². The summed E-state index contributed by atoms with van der Waals surface area (Å²) in [7, 11) is 0. The zero-order chi connectivity index (χ0) is 15.6. The van der Waals surface area contributed by atoms with Crippen molar-refractivity contribution in [2.24, 2.45) is 5.41 Å². The summed E-state index contributed by atoms with van der Waals surface area (Å²) in [4.78, 5) is 2.33. The number of hydrogen-bond donors (Lipinski definition) is 2. The molecule has 1 heterocycles. The number of nitrogens with zero attached hydrogens (tertiary/aromatic N) is 1. The Labute approximate surface area is 141 Å². The minimum atomic E-state index is -0.352. The van der Waals surface area contributed by atoms with Gasteiger partial charge >= 0.3 is 0 Å². The van der Waals surface area contributed by atoms with Crippen LogP contribution in [-0.2, 0) is 0 Å². The van der Waals surface area contributed by atoms with E-state index in [0.717, 1.165) is 31.7 Å². The Morgan fingerprint density at radius 2 is 1.86 bits per heavy atom. The lowest BCUT2D eigenvalue weighted by molar-refractivity contribution is 0.0306. The summed E-state index contributed by atoms with van der Waals surface area (Å²) in [6.07, 6.45) is 0.